The second-order valence-corrected chi connectivity index (χ2v) is 11.5. The van der Waals surface area contributed by atoms with Crippen molar-refractivity contribution in [2.75, 3.05) is 32.8 Å². The molecule has 3 aliphatic rings. The summed E-state index contributed by atoms with van der Waals surface area (Å²) < 4.78 is 41.3. The Hall–Kier alpha value is -1.81. The van der Waals surface area contributed by atoms with Crippen LogP contribution in [0.4, 0.5) is 0 Å². The van der Waals surface area contributed by atoms with Crippen molar-refractivity contribution in [1.29, 1.82) is 0 Å². The highest BCUT2D eigenvalue weighted by Crippen LogP contribution is 2.43. The maximum Gasteiger partial charge on any atom is 0.282 e. The monoisotopic (exact) mass is 474 g/mol. The number of morpholine rings is 1. The average molecular weight is 475 g/mol. The van der Waals surface area contributed by atoms with Crippen molar-refractivity contribution in [3.05, 3.63) is 47.6 Å². The van der Waals surface area contributed by atoms with Crippen LogP contribution in [0.5, 0.6) is 0 Å². The molecule has 2 saturated heterocycles. The van der Waals surface area contributed by atoms with Crippen molar-refractivity contribution in [2.45, 2.75) is 57.4 Å². The molecule has 3 fully saturated rings. The van der Waals surface area contributed by atoms with E-state index in [9.17, 15) is 8.42 Å². The lowest BCUT2D eigenvalue weighted by Gasteiger charge is -2.32. The van der Waals surface area contributed by atoms with Crippen molar-refractivity contribution in [1.82, 2.24) is 18.8 Å². The van der Waals surface area contributed by atoms with Crippen LogP contribution >= 0.6 is 0 Å². The van der Waals surface area contributed by atoms with Gasteiger partial charge in [0, 0.05) is 26.1 Å². The molecule has 1 aromatic carbocycles. The van der Waals surface area contributed by atoms with Gasteiger partial charge < -0.3 is 9.26 Å². The highest BCUT2D eigenvalue weighted by molar-refractivity contribution is 7.86. The standard InChI is InChI=1S/C24H34N4O4S/c29-33(30,27-12-14-31-15-13-27)28-18-21(16-20-9-4-10-20)17-22(28)24-25-23(26-32-24)11-5-8-19-6-2-1-3-7-19/h1-3,6-7,20-22H,4-5,8-18H2. The summed E-state index contributed by atoms with van der Waals surface area (Å²) in [6.07, 6.45) is 8.27. The molecule has 9 heteroatoms. The van der Waals surface area contributed by atoms with Gasteiger partial charge in [-0.3, -0.25) is 0 Å². The molecular weight excluding hydrogens is 440 g/mol. The molecule has 2 atom stereocenters. The Kier molecular flexibility index (Phi) is 7.10. The zero-order chi connectivity index (χ0) is 22.7. The van der Waals surface area contributed by atoms with Crippen LogP contribution < -0.4 is 0 Å². The van der Waals surface area contributed by atoms with Crippen LogP contribution in [0.25, 0.3) is 0 Å². The first-order chi connectivity index (χ1) is 16.1. The molecule has 3 heterocycles. The second-order valence-electron chi connectivity index (χ2n) is 9.63. The van der Waals surface area contributed by atoms with Crippen LogP contribution in [0.2, 0.25) is 0 Å². The number of hydrogen-bond donors (Lipinski definition) is 0. The van der Waals surface area contributed by atoms with Crippen molar-refractivity contribution in [3.63, 3.8) is 0 Å². The first kappa shape index (κ1) is 23.0. The topological polar surface area (TPSA) is 88.8 Å². The second kappa shape index (κ2) is 10.2. The lowest BCUT2D eigenvalue weighted by Crippen LogP contribution is -2.48. The molecular formula is C24H34N4O4S. The summed E-state index contributed by atoms with van der Waals surface area (Å²) >= 11 is 0. The number of aryl methyl sites for hydroxylation is 2. The van der Waals surface area contributed by atoms with Gasteiger partial charge in [-0.2, -0.15) is 22.0 Å². The molecule has 0 spiro atoms. The minimum atomic E-state index is -3.60. The van der Waals surface area contributed by atoms with Crippen LogP contribution in [-0.4, -0.2) is 60.0 Å². The summed E-state index contributed by atoms with van der Waals surface area (Å²) in [5, 5.41) is 4.19. The van der Waals surface area contributed by atoms with Crippen LogP contribution in [0, 0.1) is 11.8 Å². The summed E-state index contributed by atoms with van der Waals surface area (Å²) in [5.74, 6) is 2.17. The fourth-order valence-electron chi connectivity index (χ4n) is 5.26. The molecule has 0 N–H and O–H groups in total. The molecule has 0 radical (unpaired) electrons. The Labute approximate surface area is 196 Å². The van der Waals surface area contributed by atoms with Gasteiger partial charge in [-0.15, -0.1) is 0 Å². The predicted octanol–water partition coefficient (Wildman–Crippen LogP) is 3.38. The maximum atomic E-state index is 13.5. The van der Waals surface area contributed by atoms with E-state index in [1.54, 1.807) is 8.61 Å². The minimum absolute atomic E-state index is 0.338. The molecule has 180 valence electrons. The molecule has 0 amide bonds. The number of rotatable bonds is 9. The zero-order valence-electron chi connectivity index (χ0n) is 19.1. The van der Waals surface area contributed by atoms with E-state index in [2.05, 4.69) is 22.3 Å². The van der Waals surface area contributed by atoms with E-state index in [1.165, 1.54) is 24.8 Å². The molecule has 2 unspecified atom stereocenters. The van der Waals surface area contributed by atoms with Gasteiger partial charge in [-0.25, -0.2) is 0 Å². The summed E-state index contributed by atoms with van der Waals surface area (Å²) in [4.78, 5) is 4.65. The van der Waals surface area contributed by atoms with E-state index in [1.807, 2.05) is 18.2 Å². The molecule has 1 aliphatic carbocycles. The molecule has 0 bridgehead atoms. The fourth-order valence-corrected chi connectivity index (χ4v) is 7.07. The number of hydrogen-bond acceptors (Lipinski definition) is 6. The quantitative estimate of drug-likeness (QED) is 0.554. The summed E-state index contributed by atoms with van der Waals surface area (Å²) in [7, 11) is -3.60. The fraction of sp³-hybridized carbons (Fsp3) is 0.667. The van der Waals surface area contributed by atoms with Crippen LogP contribution in [0.3, 0.4) is 0 Å². The smallest absolute Gasteiger partial charge is 0.282 e. The van der Waals surface area contributed by atoms with Crippen LogP contribution in [0.1, 0.15) is 61.8 Å². The first-order valence-corrected chi connectivity index (χ1v) is 13.7. The third-order valence-electron chi connectivity index (χ3n) is 7.30. The molecule has 2 aromatic rings. The number of ether oxygens (including phenoxy) is 1. The van der Waals surface area contributed by atoms with Crippen molar-refractivity contribution < 1.29 is 17.7 Å². The van der Waals surface area contributed by atoms with Crippen molar-refractivity contribution in [3.8, 4) is 0 Å². The van der Waals surface area contributed by atoms with E-state index in [-0.39, 0.29) is 6.04 Å². The van der Waals surface area contributed by atoms with Gasteiger partial charge in [0.1, 0.15) is 6.04 Å². The Balaban J connectivity index is 1.28. The van der Waals surface area contributed by atoms with Crippen LogP contribution in [-0.2, 0) is 27.8 Å². The molecule has 8 nitrogen and oxygen atoms in total. The highest BCUT2D eigenvalue weighted by Gasteiger charge is 2.46. The predicted molar refractivity (Wildman–Crippen MR) is 124 cm³/mol. The van der Waals surface area contributed by atoms with Crippen molar-refractivity contribution in [2.24, 2.45) is 11.8 Å². The zero-order valence-corrected chi connectivity index (χ0v) is 20.0. The maximum absolute atomic E-state index is 13.5. The lowest BCUT2D eigenvalue weighted by molar-refractivity contribution is 0.0695. The Morgan fingerprint density at radius 2 is 1.82 bits per heavy atom. The van der Waals surface area contributed by atoms with Gasteiger partial charge in [0.2, 0.25) is 5.89 Å². The lowest BCUT2D eigenvalue weighted by atomic mass is 9.78. The van der Waals surface area contributed by atoms with Gasteiger partial charge in [0.15, 0.2) is 5.82 Å². The number of aromatic nitrogens is 2. The van der Waals surface area contributed by atoms with Gasteiger partial charge in [-0.05, 0) is 43.1 Å². The van der Waals surface area contributed by atoms with Gasteiger partial charge in [0.05, 0.1) is 13.2 Å². The first-order valence-electron chi connectivity index (χ1n) is 12.3. The Bertz CT molecular complexity index is 1000. The average Bonchev–Trinajstić information content (AvgIpc) is 3.45. The van der Waals surface area contributed by atoms with E-state index in [0.29, 0.717) is 56.9 Å². The molecule has 33 heavy (non-hydrogen) atoms. The van der Waals surface area contributed by atoms with E-state index < -0.39 is 10.2 Å². The normalized spacial score (nSPS) is 25.3. The van der Waals surface area contributed by atoms with E-state index in [0.717, 1.165) is 31.6 Å². The Morgan fingerprint density at radius 3 is 2.55 bits per heavy atom. The summed E-state index contributed by atoms with van der Waals surface area (Å²) in [5.41, 5.74) is 1.29. The largest absolute Gasteiger partial charge is 0.379 e. The SMILES string of the molecule is O=S(=O)(N1CCOCC1)N1CC(CC2CCC2)CC1c1nc(CCCc2ccccc2)no1. The molecule has 1 aromatic heterocycles. The Morgan fingerprint density at radius 1 is 1.03 bits per heavy atom. The summed E-state index contributed by atoms with van der Waals surface area (Å²) in [6, 6.07) is 9.98. The van der Waals surface area contributed by atoms with Gasteiger partial charge >= 0.3 is 0 Å². The third kappa shape index (κ3) is 5.31. The highest BCUT2D eigenvalue weighted by atomic mass is 32.2. The minimum Gasteiger partial charge on any atom is -0.379 e. The third-order valence-corrected chi connectivity index (χ3v) is 9.32. The number of benzene rings is 1. The number of nitrogens with zero attached hydrogens (tertiary/aromatic N) is 4. The van der Waals surface area contributed by atoms with Gasteiger partial charge in [0.25, 0.3) is 10.2 Å². The van der Waals surface area contributed by atoms with Crippen molar-refractivity contribution >= 4 is 10.2 Å². The van der Waals surface area contributed by atoms with Gasteiger partial charge in [-0.1, -0.05) is 54.8 Å². The van der Waals surface area contributed by atoms with E-state index >= 15 is 0 Å². The molecule has 1 saturated carbocycles. The van der Waals surface area contributed by atoms with Crippen LogP contribution in [0.15, 0.2) is 34.9 Å². The van der Waals surface area contributed by atoms with E-state index in [4.69, 9.17) is 9.26 Å². The molecule has 2 aliphatic heterocycles. The summed E-state index contributed by atoms with van der Waals surface area (Å²) in [6.45, 7) is 2.21. The molecule has 5 rings (SSSR count).